The molecule has 1 atom stereocenters. The molecular weight excluding hydrogens is 518 g/mol. The maximum atomic E-state index is 14.7. The summed E-state index contributed by atoms with van der Waals surface area (Å²) in [6.45, 7) is 10.6. The van der Waals surface area contributed by atoms with Gasteiger partial charge in [0.1, 0.15) is 11.6 Å². The quantitative estimate of drug-likeness (QED) is 0.316. The minimum atomic E-state index is -0.530. The molecule has 0 radical (unpaired) electrons. The van der Waals surface area contributed by atoms with E-state index in [1.165, 1.54) is 18.0 Å². The van der Waals surface area contributed by atoms with Crippen molar-refractivity contribution in [2.24, 2.45) is 5.92 Å². The van der Waals surface area contributed by atoms with Crippen molar-refractivity contribution in [3.8, 4) is 5.75 Å². The first-order valence-electron chi connectivity index (χ1n) is 12.9. The van der Waals surface area contributed by atoms with Gasteiger partial charge in [-0.25, -0.2) is 4.39 Å². The van der Waals surface area contributed by atoms with Crippen LogP contribution in [0, 0.1) is 11.7 Å². The normalized spacial score (nSPS) is 17.2. The summed E-state index contributed by atoms with van der Waals surface area (Å²) in [6, 6.07) is 8.99. The second kappa shape index (κ2) is 13.9. The molecule has 2 aromatic rings. The number of halogens is 3. The summed E-state index contributed by atoms with van der Waals surface area (Å²) in [7, 11) is 0. The van der Waals surface area contributed by atoms with Crippen molar-refractivity contribution in [3.05, 3.63) is 62.9 Å². The predicted molar refractivity (Wildman–Crippen MR) is 150 cm³/mol. The Morgan fingerprint density at radius 3 is 2.47 bits per heavy atom. The average Bonchev–Trinajstić information content (AvgIpc) is 3.72. The smallest absolute Gasteiger partial charge is 0.264 e. The summed E-state index contributed by atoms with van der Waals surface area (Å²) in [4.78, 5) is 14.8. The van der Waals surface area contributed by atoms with Crippen LogP contribution in [0.4, 0.5) is 4.39 Å². The highest BCUT2D eigenvalue weighted by atomic mass is 35.5. The van der Waals surface area contributed by atoms with Gasteiger partial charge >= 0.3 is 0 Å². The van der Waals surface area contributed by atoms with Gasteiger partial charge in [-0.1, -0.05) is 62.0 Å². The molecule has 1 amide bonds. The number of nitrogens with one attached hydrogen (secondary N) is 1. The molecule has 1 heterocycles. The molecule has 1 aliphatic carbocycles. The van der Waals surface area contributed by atoms with Gasteiger partial charge in [0.15, 0.2) is 0 Å². The van der Waals surface area contributed by atoms with Crippen LogP contribution >= 0.6 is 35.1 Å². The van der Waals surface area contributed by atoms with E-state index in [9.17, 15) is 9.18 Å². The Morgan fingerprint density at radius 1 is 1.17 bits per heavy atom. The molecule has 8 heteroatoms. The van der Waals surface area contributed by atoms with Crippen LogP contribution in [0.5, 0.6) is 5.75 Å². The molecule has 198 valence electrons. The molecule has 4 nitrogen and oxygen atoms in total. The molecule has 2 aliphatic rings. The molecule has 1 unspecified atom stereocenters. The van der Waals surface area contributed by atoms with E-state index in [0.29, 0.717) is 34.2 Å². The maximum Gasteiger partial charge on any atom is 0.264 e. The summed E-state index contributed by atoms with van der Waals surface area (Å²) >= 11 is 13.7. The lowest BCUT2D eigenvalue weighted by atomic mass is 9.95. The van der Waals surface area contributed by atoms with Gasteiger partial charge in [-0.05, 0) is 86.9 Å². The fraction of sp³-hybridized carbons (Fsp3) is 0.536. The van der Waals surface area contributed by atoms with Gasteiger partial charge in [0.05, 0.1) is 12.2 Å². The standard InChI is InChI=1S/C26H31Cl2FN2O2S.C2H6/c1-3-34-30-26(32)22-13-21(18-4-5-18)25(14-24(22)29)33-15-17-8-10-31(11-9-17)16(2)20-7-6-19(27)12-23(20)28;1-2/h6-7,12-14,16-18H,3-5,8-11,15H2,1-2H3,(H,30,32);1-2H3. The van der Waals surface area contributed by atoms with Crippen LogP contribution < -0.4 is 9.46 Å². The monoisotopic (exact) mass is 554 g/mol. The van der Waals surface area contributed by atoms with E-state index in [1.807, 2.05) is 32.9 Å². The summed E-state index contributed by atoms with van der Waals surface area (Å²) in [6.07, 6.45) is 4.11. The molecule has 36 heavy (non-hydrogen) atoms. The minimum Gasteiger partial charge on any atom is -0.493 e. The van der Waals surface area contributed by atoms with Crippen LogP contribution in [-0.4, -0.2) is 36.3 Å². The number of piperidine rings is 1. The first-order valence-corrected chi connectivity index (χ1v) is 14.7. The second-order valence-corrected chi connectivity index (χ2v) is 11.1. The first-order chi connectivity index (χ1) is 17.4. The van der Waals surface area contributed by atoms with Crippen molar-refractivity contribution in [1.29, 1.82) is 0 Å². The van der Waals surface area contributed by atoms with E-state index < -0.39 is 5.82 Å². The largest absolute Gasteiger partial charge is 0.493 e. The van der Waals surface area contributed by atoms with Crippen molar-refractivity contribution in [2.45, 2.75) is 65.3 Å². The molecule has 1 aliphatic heterocycles. The fourth-order valence-corrected chi connectivity index (χ4v) is 5.48. The highest BCUT2D eigenvalue weighted by Gasteiger charge is 2.30. The number of hydrogen-bond donors (Lipinski definition) is 1. The lowest BCUT2D eigenvalue weighted by molar-refractivity contribution is 0.0980. The van der Waals surface area contributed by atoms with Crippen LogP contribution in [-0.2, 0) is 0 Å². The highest BCUT2D eigenvalue weighted by molar-refractivity contribution is 7.97. The average molecular weight is 556 g/mol. The number of benzene rings is 2. The molecule has 0 spiro atoms. The fourth-order valence-electron chi connectivity index (χ4n) is 4.53. The van der Waals surface area contributed by atoms with E-state index >= 15 is 0 Å². The highest BCUT2D eigenvalue weighted by Crippen LogP contribution is 2.45. The topological polar surface area (TPSA) is 41.6 Å². The number of rotatable bonds is 9. The lowest BCUT2D eigenvalue weighted by Gasteiger charge is -2.36. The van der Waals surface area contributed by atoms with Crippen molar-refractivity contribution in [2.75, 3.05) is 25.4 Å². The zero-order valence-corrected chi connectivity index (χ0v) is 23.9. The zero-order valence-electron chi connectivity index (χ0n) is 21.6. The van der Waals surface area contributed by atoms with Crippen LogP contribution in [0.1, 0.15) is 86.8 Å². The van der Waals surface area contributed by atoms with E-state index in [-0.39, 0.29) is 17.5 Å². The van der Waals surface area contributed by atoms with E-state index in [1.54, 1.807) is 12.1 Å². The van der Waals surface area contributed by atoms with Gasteiger partial charge in [0.2, 0.25) is 0 Å². The molecule has 2 aromatic carbocycles. The van der Waals surface area contributed by atoms with E-state index in [4.69, 9.17) is 27.9 Å². The summed E-state index contributed by atoms with van der Waals surface area (Å²) in [5, 5.41) is 1.35. The summed E-state index contributed by atoms with van der Waals surface area (Å²) in [5.41, 5.74) is 2.14. The number of amides is 1. The molecular formula is C28H37Cl2FN2O2S. The Bertz CT molecular complexity index is 1030. The SMILES string of the molecule is CC.CCSNC(=O)c1cc(C2CC2)c(OCC2CCN(C(C)c3ccc(Cl)cc3Cl)CC2)cc1F. The third kappa shape index (κ3) is 7.53. The lowest BCUT2D eigenvalue weighted by Crippen LogP contribution is -2.37. The van der Waals surface area contributed by atoms with Gasteiger partial charge < -0.3 is 4.74 Å². The van der Waals surface area contributed by atoms with Gasteiger partial charge in [0, 0.05) is 27.9 Å². The van der Waals surface area contributed by atoms with Crippen LogP contribution in [0.15, 0.2) is 30.3 Å². The van der Waals surface area contributed by atoms with Gasteiger partial charge in [-0.15, -0.1) is 0 Å². The van der Waals surface area contributed by atoms with E-state index in [0.717, 1.165) is 55.7 Å². The number of likely N-dealkylation sites (tertiary alicyclic amines) is 1. The molecule has 2 fully saturated rings. The Kier molecular flexibility index (Phi) is 11.2. The van der Waals surface area contributed by atoms with Crippen molar-refractivity contribution in [1.82, 2.24) is 9.62 Å². The van der Waals surface area contributed by atoms with Crippen molar-refractivity contribution in [3.63, 3.8) is 0 Å². The first kappa shape index (κ1) is 29.1. The second-order valence-electron chi connectivity index (χ2n) is 9.14. The molecule has 0 bridgehead atoms. The minimum absolute atomic E-state index is 0.0957. The van der Waals surface area contributed by atoms with Crippen LogP contribution in [0.25, 0.3) is 0 Å². The maximum absolute atomic E-state index is 14.7. The van der Waals surface area contributed by atoms with Gasteiger partial charge in [-0.3, -0.25) is 14.4 Å². The number of carbonyl (C=O) groups excluding carboxylic acids is 1. The molecule has 4 rings (SSSR count). The van der Waals surface area contributed by atoms with Crippen molar-refractivity contribution < 1.29 is 13.9 Å². The van der Waals surface area contributed by atoms with Gasteiger partial charge in [0.25, 0.3) is 5.91 Å². The third-order valence-corrected chi connectivity index (χ3v) is 7.94. The van der Waals surface area contributed by atoms with Crippen LogP contribution in [0.3, 0.4) is 0 Å². The number of hydrogen-bond acceptors (Lipinski definition) is 4. The molecule has 1 N–H and O–H groups in total. The Labute approximate surface area is 229 Å². The summed E-state index contributed by atoms with van der Waals surface area (Å²) in [5.74, 6) is 1.16. The molecule has 1 saturated carbocycles. The van der Waals surface area contributed by atoms with Crippen molar-refractivity contribution >= 4 is 41.1 Å². The Morgan fingerprint density at radius 2 is 1.86 bits per heavy atom. The Balaban J connectivity index is 0.00000176. The van der Waals surface area contributed by atoms with Crippen LogP contribution in [0.2, 0.25) is 10.0 Å². The van der Waals surface area contributed by atoms with E-state index in [2.05, 4.69) is 16.5 Å². The summed E-state index contributed by atoms with van der Waals surface area (Å²) < 4.78 is 23.6. The third-order valence-electron chi connectivity index (χ3n) is 6.75. The zero-order chi connectivity index (χ0) is 26.2. The number of carbonyl (C=O) groups is 1. The molecule has 1 saturated heterocycles. The Hall–Kier alpha value is -1.47. The van der Waals surface area contributed by atoms with Gasteiger partial charge in [-0.2, -0.15) is 0 Å². The number of ether oxygens (including phenoxy) is 1. The predicted octanol–water partition coefficient (Wildman–Crippen LogP) is 8.29. The molecule has 0 aromatic heterocycles. The number of nitrogens with zero attached hydrogens (tertiary/aromatic N) is 1.